The molecule has 0 amide bonds. The molecule has 0 aromatic heterocycles. The van der Waals surface area contributed by atoms with Crippen LogP contribution in [0.15, 0.2) is 12.7 Å². The number of hydrogen-bond acceptors (Lipinski definition) is 4. The molecule has 0 radical (unpaired) electrons. The van der Waals surface area contributed by atoms with E-state index in [0.29, 0.717) is 12.8 Å². The van der Waals surface area contributed by atoms with E-state index in [2.05, 4.69) is 88.2 Å². The van der Waals surface area contributed by atoms with Gasteiger partial charge in [-0.15, -0.1) is 6.58 Å². The molecule has 0 saturated carbocycles. The van der Waals surface area contributed by atoms with Crippen molar-refractivity contribution in [3.63, 3.8) is 0 Å². The van der Waals surface area contributed by atoms with E-state index < -0.39 is 16.6 Å². The van der Waals surface area contributed by atoms with Crippen LogP contribution < -0.4 is 0 Å². The molecule has 0 N–H and O–H groups in total. The zero-order valence-corrected chi connectivity index (χ0v) is 24.8. The fourth-order valence-electron chi connectivity index (χ4n) is 3.07. The van der Waals surface area contributed by atoms with Crippen LogP contribution in [0.3, 0.4) is 0 Å². The Labute approximate surface area is 195 Å². The van der Waals surface area contributed by atoms with Gasteiger partial charge in [0.2, 0.25) is 0 Å². The average molecular weight is 473 g/mol. The maximum Gasteiger partial charge on any atom is 0.192 e. The van der Waals surface area contributed by atoms with Crippen LogP contribution in [0, 0.1) is 5.41 Å². The molecule has 0 unspecified atom stereocenters. The predicted octanol–water partition coefficient (Wildman–Crippen LogP) is 7.36. The Morgan fingerprint density at radius 1 is 0.806 bits per heavy atom. The Morgan fingerprint density at radius 3 is 1.55 bits per heavy atom. The molecule has 0 spiro atoms. The zero-order valence-electron chi connectivity index (χ0n) is 22.8. The van der Waals surface area contributed by atoms with E-state index in [1.165, 1.54) is 0 Å². The molecular formula is C25H52O4Si2. The third-order valence-corrected chi connectivity index (χ3v) is 16.7. The van der Waals surface area contributed by atoms with Crippen LogP contribution in [-0.4, -0.2) is 48.3 Å². The first kappa shape index (κ1) is 30.7. The molecule has 31 heavy (non-hydrogen) atoms. The van der Waals surface area contributed by atoms with Crippen molar-refractivity contribution in [1.82, 2.24) is 0 Å². The SMILES string of the molecule is C=CC[C@H](O[Si](C)(C)C(C)(C)C)C(C)(C)[C@H](C[C@@H](CC=O)OC)O[Si](C)(C)C(C)(C)C. The Kier molecular flexibility index (Phi) is 11.1. The van der Waals surface area contributed by atoms with Gasteiger partial charge in [-0.3, -0.25) is 0 Å². The molecule has 0 aliphatic heterocycles. The predicted molar refractivity (Wildman–Crippen MR) is 139 cm³/mol. The van der Waals surface area contributed by atoms with Crippen molar-refractivity contribution in [3.05, 3.63) is 12.7 Å². The Bertz CT molecular complexity index is 571. The maximum absolute atomic E-state index is 11.2. The number of aldehydes is 1. The van der Waals surface area contributed by atoms with Gasteiger partial charge in [0.15, 0.2) is 16.6 Å². The van der Waals surface area contributed by atoms with Crippen molar-refractivity contribution in [2.24, 2.45) is 5.41 Å². The van der Waals surface area contributed by atoms with Crippen molar-refractivity contribution in [2.75, 3.05) is 7.11 Å². The van der Waals surface area contributed by atoms with E-state index in [1.807, 2.05) is 6.08 Å². The van der Waals surface area contributed by atoms with Gasteiger partial charge in [-0.25, -0.2) is 0 Å². The summed E-state index contributed by atoms with van der Waals surface area (Å²) < 4.78 is 19.6. The van der Waals surface area contributed by atoms with E-state index in [-0.39, 0.29) is 33.8 Å². The molecule has 0 saturated heterocycles. The van der Waals surface area contributed by atoms with Crippen molar-refractivity contribution in [2.45, 2.75) is 129 Å². The quantitative estimate of drug-likeness (QED) is 0.159. The largest absolute Gasteiger partial charge is 0.413 e. The molecule has 0 aromatic carbocycles. The second kappa shape index (κ2) is 11.2. The number of carbonyl (C=O) groups is 1. The summed E-state index contributed by atoms with van der Waals surface area (Å²) in [5.74, 6) is 0. The second-order valence-corrected chi connectivity index (χ2v) is 22.1. The monoisotopic (exact) mass is 472 g/mol. The maximum atomic E-state index is 11.2. The van der Waals surface area contributed by atoms with E-state index in [9.17, 15) is 4.79 Å². The van der Waals surface area contributed by atoms with E-state index >= 15 is 0 Å². The van der Waals surface area contributed by atoms with Crippen LogP contribution in [-0.2, 0) is 18.4 Å². The minimum absolute atomic E-state index is 0.0191. The summed E-state index contributed by atoms with van der Waals surface area (Å²) in [6.07, 6.45) is 4.44. The number of methoxy groups -OCH3 is 1. The van der Waals surface area contributed by atoms with E-state index in [4.69, 9.17) is 13.6 Å². The third-order valence-electron chi connectivity index (χ3n) is 7.70. The lowest BCUT2D eigenvalue weighted by molar-refractivity contribution is -0.111. The van der Waals surface area contributed by atoms with Gasteiger partial charge in [-0.1, -0.05) is 61.5 Å². The highest BCUT2D eigenvalue weighted by Gasteiger charge is 2.48. The normalized spacial score (nSPS) is 17.2. The molecule has 0 bridgehead atoms. The molecule has 4 nitrogen and oxygen atoms in total. The molecule has 6 heteroatoms. The number of rotatable bonds is 13. The number of ether oxygens (including phenoxy) is 1. The molecule has 0 heterocycles. The highest BCUT2D eigenvalue weighted by atomic mass is 28.4. The summed E-state index contributed by atoms with van der Waals surface area (Å²) in [6.45, 7) is 31.3. The Balaban J connectivity index is 6.24. The molecule has 0 fully saturated rings. The molecule has 0 aromatic rings. The zero-order chi connectivity index (χ0) is 24.9. The Morgan fingerprint density at radius 2 is 1.23 bits per heavy atom. The lowest BCUT2D eigenvalue weighted by Crippen LogP contribution is -2.55. The second-order valence-electron chi connectivity index (χ2n) is 12.6. The molecule has 0 aliphatic carbocycles. The summed E-state index contributed by atoms with van der Waals surface area (Å²) in [5.41, 5.74) is -0.279. The molecular weight excluding hydrogens is 420 g/mol. The lowest BCUT2D eigenvalue weighted by Gasteiger charge is -2.50. The van der Waals surface area contributed by atoms with Crippen LogP contribution in [0.25, 0.3) is 0 Å². The number of carbonyl (C=O) groups excluding carboxylic acids is 1. The Hall–Kier alpha value is -0.276. The van der Waals surface area contributed by atoms with Crippen LogP contribution in [0.1, 0.15) is 74.7 Å². The van der Waals surface area contributed by atoms with Crippen LogP contribution in [0.2, 0.25) is 36.3 Å². The fourth-order valence-corrected chi connectivity index (χ4v) is 6.00. The van der Waals surface area contributed by atoms with Gasteiger partial charge in [0.1, 0.15) is 6.29 Å². The summed E-state index contributed by atoms with van der Waals surface area (Å²) in [5, 5.41) is 0.202. The highest BCUT2D eigenvalue weighted by molar-refractivity contribution is 6.74. The van der Waals surface area contributed by atoms with Gasteiger partial charge < -0.3 is 18.4 Å². The van der Waals surface area contributed by atoms with E-state index in [0.717, 1.165) is 12.7 Å². The van der Waals surface area contributed by atoms with Crippen LogP contribution in [0.5, 0.6) is 0 Å². The van der Waals surface area contributed by atoms with Gasteiger partial charge in [0.05, 0.1) is 18.3 Å². The topological polar surface area (TPSA) is 44.8 Å². The minimum atomic E-state index is -2.06. The molecule has 0 aliphatic rings. The first-order valence-corrected chi connectivity index (χ1v) is 17.5. The van der Waals surface area contributed by atoms with Crippen molar-refractivity contribution in [1.29, 1.82) is 0 Å². The summed E-state index contributed by atoms with van der Waals surface area (Å²) in [4.78, 5) is 11.2. The lowest BCUT2D eigenvalue weighted by atomic mass is 9.77. The van der Waals surface area contributed by atoms with Gasteiger partial charge in [0, 0.05) is 18.9 Å². The highest BCUT2D eigenvalue weighted by Crippen LogP contribution is 2.45. The first-order valence-electron chi connectivity index (χ1n) is 11.7. The molecule has 184 valence electrons. The van der Waals surface area contributed by atoms with Gasteiger partial charge in [-0.05, 0) is 49.1 Å². The summed E-state index contributed by atoms with van der Waals surface area (Å²) in [6, 6.07) is 0. The standard InChI is InChI=1S/C25H52O4Si2/c1-15-16-21(28-30(11,12)23(2,3)4)25(8,9)22(19-20(27-10)17-18-26)29-31(13,14)24(5,6)7/h15,18,20-22H,1,16-17,19H2,2-14H3/t20-,21+,22+/m1/s1. The molecule has 0 rings (SSSR count). The van der Waals surface area contributed by atoms with Crippen LogP contribution >= 0.6 is 0 Å². The minimum Gasteiger partial charge on any atom is -0.413 e. The van der Waals surface area contributed by atoms with E-state index in [1.54, 1.807) is 7.11 Å². The smallest absolute Gasteiger partial charge is 0.192 e. The molecule has 3 atom stereocenters. The van der Waals surface area contributed by atoms with Gasteiger partial charge in [0.25, 0.3) is 0 Å². The van der Waals surface area contributed by atoms with Gasteiger partial charge in [-0.2, -0.15) is 0 Å². The van der Waals surface area contributed by atoms with Crippen molar-refractivity contribution >= 4 is 22.9 Å². The summed E-state index contributed by atoms with van der Waals surface area (Å²) in [7, 11) is -2.38. The van der Waals surface area contributed by atoms with Gasteiger partial charge >= 0.3 is 0 Å². The van der Waals surface area contributed by atoms with Crippen molar-refractivity contribution in [3.8, 4) is 0 Å². The first-order chi connectivity index (χ1) is 13.8. The fraction of sp³-hybridized carbons (Fsp3) is 0.880. The van der Waals surface area contributed by atoms with Crippen molar-refractivity contribution < 1.29 is 18.4 Å². The third kappa shape index (κ3) is 8.54. The summed E-state index contributed by atoms with van der Waals surface area (Å²) >= 11 is 0. The average Bonchev–Trinajstić information content (AvgIpc) is 2.57. The van der Waals surface area contributed by atoms with Crippen LogP contribution in [0.4, 0.5) is 0 Å². The number of hydrogen-bond donors (Lipinski definition) is 0.